The minimum Gasteiger partial charge on any atom is -0.338 e. The summed E-state index contributed by atoms with van der Waals surface area (Å²) in [5.41, 5.74) is 11.2. The highest BCUT2D eigenvalue weighted by Crippen LogP contribution is 2.16. The van der Waals surface area contributed by atoms with Crippen LogP contribution in [-0.2, 0) is 17.8 Å². The summed E-state index contributed by atoms with van der Waals surface area (Å²) in [7, 11) is 0. The quantitative estimate of drug-likeness (QED) is 0.428. The molecule has 1 aliphatic rings. The first kappa shape index (κ1) is 19.0. The number of azide groups is 1. The van der Waals surface area contributed by atoms with E-state index in [0.717, 1.165) is 25.2 Å². The van der Waals surface area contributed by atoms with Gasteiger partial charge < -0.3 is 4.90 Å². The predicted octanol–water partition coefficient (Wildman–Crippen LogP) is 3.64. The normalized spacial score (nSPS) is 16.4. The van der Waals surface area contributed by atoms with Gasteiger partial charge in [0.15, 0.2) is 0 Å². The van der Waals surface area contributed by atoms with Crippen LogP contribution >= 0.6 is 0 Å². The van der Waals surface area contributed by atoms with Gasteiger partial charge in [-0.1, -0.05) is 65.8 Å². The van der Waals surface area contributed by atoms with Crippen molar-refractivity contribution >= 4 is 5.91 Å². The zero-order chi connectivity index (χ0) is 18.9. The lowest BCUT2D eigenvalue weighted by atomic mass is 10.0. The molecule has 1 saturated heterocycles. The van der Waals surface area contributed by atoms with Gasteiger partial charge in [-0.3, -0.25) is 9.69 Å². The Morgan fingerprint density at radius 3 is 2.30 bits per heavy atom. The van der Waals surface area contributed by atoms with Crippen molar-refractivity contribution in [1.29, 1.82) is 0 Å². The molecular weight excluding hydrogens is 338 g/mol. The van der Waals surface area contributed by atoms with Gasteiger partial charge in [0, 0.05) is 50.1 Å². The standard InChI is InChI=1S/C21H25N5O/c22-24-23-16-20(15-18-7-3-1-4-8-18)26-14-13-25(12-11-21(26)27)17-19-9-5-2-6-10-19/h1-10,20H,11-17H2. The van der Waals surface area contributed by atoms with E-state index in [9.17, 15) is 4.79 Å². The highest BCUT2D eigenvalue weighted by molar-refractivity contribution is 5.77. The Bertz CT molecular complexity index is 774. The van der Waals surface area contributed by atoms with E-state index in [-0.39, 0.29) is 11.9 Å². The molecule has 2 aromatic rings. The molecule has 0 aliphatic carbocycles. The van der Waals surface area contributed by atoms with Crippen LogP contribution in [0.1, 0.15) is 17.5 Å². The monoisotopic (exact) mass is 363 g/mol. The first-order valence-electron chi connectivity index (χ1n) is 9.37. The molecule has 2 aromatic carbocycles. The van der Waals surface area contributed by atoms with E-state index in [1.165, 1.54) is 5.56 Å². The number of carbonyl (C=O) groups is 1. The molecule has 27 heavy (non-hydrogen) atoms. The predicted molar refractivity (Wildman–Crippen MR) is 106 cm³/mol. The van der Waals surface area contributed by atoms with E-state index in [0.29, 0.717) is 25.9 Å². The number of amides is 1. The lowest BCUT2D eigenvalue weighted by molar-refractivity contribution is -0.132. The maximum atomic E-state index is 12.8. The number of carbonyl (C=O) groups excluding carboxylic acids is 1. The van der Waals surface area contributed by atoms with Crippen LogP contribution in [-0.4, -0.2) is 47.9 Å². The van der Waals surface area contributed by atoms with Crippen molar-refractivity contribution in [2.75, 3.05) is 26.2 Å². The van der Waals surface area contributed by atoms with E-state index in [1.807, 2.05) is 53.4 Å². The van der Waals surface area contributed by atoms with Crippen LogP contribution in [0.2, 0.25) is 0 Å². The third kappa shape index (κ3) is 5.58. The summed E-state index contributed by atoms with van der Waals surface area (Å²) in [5, 5.41) is 3.77. The summed E-state index contributed by atoms with van der Waals surface area (Å²) in [4.78, 5) is 19.9. The van der Waals surface area contributed by atoms with Gasteiger partial charge in [0.2, 0.25) is 5.91 Å². The molecule has 6 heteroatoms. The summed E-state index contributed by atoms with van der Waals surface area (Å²) >= 11 is 0. The Hall–Kier alpha value is -2.82. The summed E-state index contributed by atoms with van der Waals surface area (Å²) in [6, 6.07) is 20.3. The average Bonchev–Trinajstić information content (AvgIpc) is 2.88. The molecule has 3 rings (SSSR count). The molecule has 0 bridgehead atoms. The van der Waals surface area contributed by atoms with E-state index in [2.05, 4.69) is 27.1 Å². The summed E-state index contributed by atoms with van der Waals surface area (Å²) in [5.74, 6) is 0.139. The maximum absolute atomic E-state index is 12.8. The Balaban J connectivity index is 1.68. The topological polar surface area (TPSA) is 72.3 Å². The summed E-state index contributed by atoms with van der Waals surface area (Å²) in [6.45, 7) is 3.38. The van der Waals surface area contributed by atoms with Crippen molar-refractivity contribution in [3.05, 3.63) is 82.2 Å². The minimum absolute atomic E-state index is 0.104. The molecule has 0 saturated carbocycles. The van der Waals surface area contributed by atoms with Crippen molar-refractivity contribution in [2.45, 2.75) is 25.4 Å². The minimum atomic E-state index is -0.104. The van der Waals surface area contributed by atoms with E-state index >= 15 is 0 Å². The van der Waals surface area contributed by atoms with Gasteiger partial charge in [0.1, 0.15) is 0 Å². The second kappa shape index (κ2) is 9.76. The van der Waals surface area contributed by atoms with Crippen LogP contribution in [0.3, 0.4) is 0 Å². The van der Waals surface area contributed by atoms with Gasteiger partial charge in [0.25, 0.3) is 0 Å². The second-order valence-corrected chi connectivity index (χ2v) is 6.86. The zero-order valence-corrected chi connectivity index (χ0v) is 15.4. The Morgan fingerprint density at radius 2 is 1.63 bits per heavy atom. The Labute approximate surface area is 160 Å². The van der Waals surface area contributed by atoms with Crippen molar-refractivity contribution in [2.24, 2.45) is 5.11 Å². The summed E-state index contributed by atoms with van der Waals surface area (Å²) in [6.07, 6.45) is 1.19. The smallest absolute Gasteiger partial charge is 0.224 e. The van der Waals surface area contributed by atoms with Crippen LogP contribution in [0, 0.1) is 0 Å². The van der Waals surface area contributed by atoms with Gasteiger partial charge >= 0.3 is 0 Å². The van der Waals surface area contributed by atoms with Gasteiger partial charge in [-0.25, -0.2) is 0 Å². The first-order chi connectivity index (χ1) is 13.3. The van der Waals surface area contributed by atoms with Crippen LogP contribution in [0.5, 0.6) is 0 Å². The second-order valence-electron chi connectivity index (χ2n) is 6.86. The molecule has 1 unspecified atom stereocenters. The number of hydrogen-bond donors (Lipinski definition) is 0. The molecule has 1 aliphatic heterocycles. The molecule has 0 N–H and O–H groups in total. The van der Waals surface area contributed by atoms with Gasteiger partial charge in [0.05, 0.1) is 0 Å². The van der Waals surface area contributed by atoms with Gasteiger partial charge in [-0.15, -0.1) is 0 Å². The van der Waals surface area contributed by atoms with Crippen LogP contribution < -0.4 is 0 Å². The average molecular weight is 363 g/mol. The molecule has 140 valence electrons. The molecule has 1 amide bonds. The lowest BCUT2D eigenvalue weighted by Crippen LogP contribution is -2.44. The molecule has 1 fully saturated rings. The van der Waals surface area contributed by atoms with Crippen molar-refractivity contribution in [1.82, 2.24) is 9.80 Å². The number of hydrogen-bond acceptors (Lipinski definition) is 3. The highest BCUT2D eigenvalue weighted by Gasteiger charge is 2.27. The molecule has 1 heterocycles. The number of benzene rings is 2. The SMILES string of the molecule is [N-]=[N+]=NCC(Cc1ccccc1)N1CCN(Cc2ccccc2)CCC1=O. The fourth-order valence-electron chi connectivity index (χ4n) is 3.56. The third-order valence-electron chi connectivity index (χ3n) is 4.98. The largest absolute Gasteiger partial charge is 0.338 e. The fraction of sp³-hybridized carbons (Fsp3) is 0.381. The van der Waals surface area contributed by atoms with Gasteiger partial charge in [-0.05, 0) is 23.1 Å². The van der Waals surface area contributed by atoms with Crippen LogP contribution in [0.25, 0.3) is 10.4 Å². The molecular formula is C21H25N5O. The fourth-order valence-corrected chi connectivity index (χ4v) is 3.56. The molecule has 1 atom stereocenters. The number of rotatable bonds is 7. The summed E-state index contributed by atoms with van der Waals surface area (Å²) < 4.78 is 0. The third-order valence-corrected chi connectivity index (χ3v) is 4.98. The Kier molecular flexibility index (Phi) is 6.85. The maximum Gasteiger partial charge on any atom is 0.224 e. The van der Waals surface area contributed by atoms with Crippen LogP contribution in [0.15, 0.2) is 65.8 Å². The molecule has 0 spiro atoms. The Morgan fingerprint density at radius 1 is 0.963 bits per heavy atom. The first-order valence-corrected chi connectivity index (χ1v) is 9.37. The van der Waals surface area contributed by atoms with E-state index in [4.69, 9.17) is 5.53 Å². The van der Waals surface area contributed by atoms with E-state index in [1.54, 1.807) is 0 Å². The highest BCUT2D eigenvalue weighted by atomic mass is 16.2. The van der Waals surface area contributed by atoms with E-state index < -0.39 is 0 Å². The van der Waals surface area contributed by atoms with Crippen molar-refractivity contribution in [3.63, 3.8) is 0 Å². The van der Waals surface area contributed by atoms with Crippen LogP contribution in [0.4, 0.5) is 0 Å². The van der Waals surface area contributed by atoms with Crippen molar-refractivity contribution in [3.8, 4) is 0 Å². The zero-order valence-electron chi connectivity index (χ0n) is 15.4. The van der Waals surface area contributed by atoms with Crippen molar-refractivity contribution < 1.29 is 4.79 Å². The molecule has 0 radical (unpaired) electrons. The number of nitrogens with zero attached hydrogens (tertiary/aromatic N) is 5. The lowest BCUT2D eigenvalue weighted by Gasteiger charge is -2.30. The van der Waals surface area contributed by atoms with Gasteiger partial charge in [-0.2, -0.15) is 0 Å². The molecule has 6 nitrogen and oxygen atoms in total. The molecule has 0 aromatic heterocycles.